The SMILES string of the molecule is NCCN(CCOc1ccccc1[N+](=O)[O-])CCc1ccccc1. The summed E-state index contributed by atoms with van der Waals surface area (Å²) in [6.45, 7) is 3.28. The van der Waals surface area contributed by atoms with Crippen molar-refractivity contribution < 1.29 is 9.66 Å². The molecule has 0 aliphatic heterocycles. The number of ether oxygens (including phenoxy) is 1. The molecule has 2 aromatic rings. The zero-order chi connectivity index (χ0) is 17.2. The van der Waals surface area contributed by atoms with Crippen LogP contribution in [0.5, 0.6) is 5.75 Å². The van der Waals surface area contributed by atoms with E-state index in [4.69, 9.17) is 10.5 Å². The van der Waals surface area contributed by atoms with E-state index in [1.165, 1.54) is 11.6 Å². The number of hydrogen-bond donors (Lipinski definition) is 1. The van der Waals surface area contributed by atoms with Crippen molar-refractivity contribution in [1.82, 2.24) is 4.90 Å². The molecule has 0 unspecified atom stereocenters. The summed E-state index contributed by atoms with van der Waals surface area (Å²) in [7, 11) is 0. The highest BCUT2D eigenvalue weighted by atomic mass is 16.6. The van der Waals surface area contributed by atoms with Crippen LogP contribution in [0.15, 0.2) is 54.6 Å². The average molecular weight is 329 g/mol. The third kappa shape index (κ3) is 5.64. The van der Waals surface area contributed by atoms with E-state index in [-0.39, 0.29) is 5.69 Å². The fraction of sp³-hybridized carbons (Fsp3) is 0.333. The van der Waals surface area contributed by atoms with Gasteiger partial charge in [0, 0.05) is 32.2 Å². The molecular formula is C18H23N3O3. The molecule has 0 fully saturated rings. The lowest BCUT2D eigenvalue weighted by atomic mass is 10.1. The predicted octanol–water partition coefficient (Wildman–Crippen LogP) is 2.48. The van der Waals surface area contributed by atoms with Crippen LogP contribution in [0, 0.1) is 10.1 Å². The number of nitrogens with zero attached hydrogens (tertiary/aromatic N) is 2. The zero-order valence-corrected chi connectivity index (χ0v) is 13.6. The Labute approximate surface area is 142 Å². The molecule has 0 atom stereocenters. The monoisotopic (exact) mass is 329 g/mol. The van der Waals surface area contributed by atoms with Crippen LogP contribution >= 0.6 is 0 Å². The van der Waals surface area contributed by atoms with E-state index in [0.29, 0.717) is 25.4 Å². The predicted molar refractivity (Wildman–Crippen MR) is 94.2 cm³/mol. The van der Waals surface area contributed by atoms with Crippen molar-refractivity contribution >= 4 is 5.69 Å². The third-order valence-electron chi connectivity index (χ3n) is 3.73. The summed E-state index contributed by atoms with van der Waals surface area (Å²) >= 11 is 0. The molecule has 24 heavy (non-hydrogen) atoms. The molecule has 0 saturated heterocycles. The van der Waals surface area contributed by atoms with Crippen LogP contribution in [0.3, 0.4) is 0 Å². The first kappa shape index (κ1) is 17.9. The number of nitro groups is 1. The minimum atomic E-state index is -0.428. The molecule has 6 nitrogen and oxygen atoms in total. The van der Waals surface area contributed by atoms with Gasteiger partial charge in [-0.05, 0) is 18.1 Å². The Morgan fingerprint density at radius 1 is 1.00 bits per heavy atom. The Balaban J connectivity index is 1.84. The van der Waals surface area contributed by atoms with Gasteiger partial charge >= 0.3 is 5.69 Å². The highest BCUT2D eigenvalue weighted by molar-refractivity contribution is 5.45. The molecule has 0 amide bonds. The smallest absolute Gasteiger partial charge is 0.310 e. The topological polar surface area (TPSA) is 81.6 Å². The molecule has 128 valence electrons. The molecule has 0 saturated carbocycles. The number of para-hydroxylation sites is 2. The second-order valence-corrected chi connectivity index (χ2v) is 5.44. The number of nitrogens with two attached hydrogens (primary N) is 1. The maximum atomic E-state index is 11.0. The van der Waals surface area contributed by atoms with Gasteiger partial charge in [-0.2, -0.15) is 0 Å². The molecule has 0 spiro atoms. The number of benzene rings is 2. The van der Waals surface area contributed by atoms with E-state index in [1.807, 2.05) is 18.2 Å². The molecule has 0 aliphatic carbocycles. The van der Waals surface area contributed by atoms with E-state index in [9.17, 15) is 10.1 Å². The van der Waals surface area contributed by atoms with Gasteiger partial charge < -0.3 is 10.5 Å². The lowest BCUT2D eigenvalue weighted by Crippen LogP contribution is -2.34. The molecule has 0 aliphatic rings. The van der Waals surface area contributed by atoms with E-state index in [2.05, 4.69) is 17.0 Å². The third-order valence-corrected chi connectivity index (χ3v) is 3.73. The molecule has 0 radical (unpaired) electrons. The Bertz CT molecular complexity index is 634. The summed E-state index contributed by atoms with van der Waals surface area (Å²) in [5.41, 5.74) is 6.94. The largest absolute Gasteiger partial charge is 0.485 e. The molecule has 0 bridgehead atoms. The highest BCUT2D eigenvalue weighted by Crippen LogP contribution is 2.25. The summed E-state index contributed by atoms with van der Waals surface area (Å²) in [6.07, 6.45) is 0.937. The summed E-state index contributed by atoms with van der Waals surface area (Å²) < 4.78 is 5.60. The Morgan fingerprint density at radius 2 is 1.71 bits per heavy atom. The normalized spacial score (nSPS) is 10.8. The summed E-state index contributed by atoms with van der Waals surface area (Å²) in [4.78, 5) is 12.8. The average Bonchev–Trinajstić information content (AvgIpc) is 2.61. The van der Waals surface area contributed by atoms with Crippen molar-refractivity contribution in [3.05, 3.63) is 70.3 Å². The van der Waals surface area contributed by atoms with E-state index < -0.39 is 4.92 Å². The Morgan fingerprint density at radius 3 is 2.42 bits per heavy atom. The van der Waals surface area contributed by atoms with Crippen molar-refractivity contribution in [2.24, 2.45) is 5.73 Å². The first-order valence-electron chi connectivity index (χ1n) is 8.03. The van der Waals surface area contributed by atoms with Crippen molar-refractivity contribution in [3.63, 3.8) is 0 Å². The molecule has 2 N–H and O–H groups in total. The van der Waals surface area contributed by atoms with Gasteiger partial charge in [-0.15, -0.1) is 0 Å². The van der Waals surface area contributed by atoms with Crippen molar-refractivity contribution in [2.45, 2.75) is 6.42 Å². The van der Waals surface area contributed by atoms with Gasteiger partial charge in [0.05, 0.1) is 4.92 Å². The van der Waals surface area contributed by atoms with Crippen LogP contribution in [0.1, 0.15) is 5.56 Å². The molecule has 2 rings (SSSR count). The number of hydrogen-bond acceptors (Lipinski definition) is 5. The maximum absolute atomic E-state index is 11.0. The van der Waals surface area contributed by atoms with Crippen LogP contribution < -0.4 is 10.5 Å². The minimum Gasteiger partial charge on any atom is -0.485 e. The molecule has 6 heteroatoms. The van der Waals surface area contributed by atoms with E-state index in [1.54, 1.807) is 18.2 Å². The van der Waals surface area contributed by atoms with Gasteiger partial charge in [-0.3, -0.25) is 15.0 Å². The van der Waals surface area contributed by atoms with Crippen LogP contribution in [-0.4, -0.2) is 42.6 Å². The van der Waals surface area contributed by atoms with Gasteiger partial charge in [0.15, 0.2) is 5.75 Å². The van der Waals surface area contributed by atoms with Crippen LogP contribution in [0.2, 0.25) is 0 Å². The van der Waals surface area contributed by atoms with Crippen molar-refractivity contribution in [1.29, 1.82) is 0 Å². The standard InChI is InChI=1S/C18H23N3O3/c19-11-13-20(12-10-16-6-2-1-3-7-16)14-15-24-18-9-5-4-8-17(18)21(22)23/h1-9H,10-15,19H2. The zero-order valence-electron chi connectivity index (χ0n) is 13.6. The summed E-state index contributed by atoms with van der Waals surface area (Å²) in [5, 5.41) is 11.0. The van der Waals surface area contributed by atoms with Crippen LogP contribution in [-0.2, 0) is 6.42 Å². The van der Waals surface area contributed by atoms with Gasteiger partial charge in [-0.1, -0.05) is 42.5 Å². The van der Waals surface area contributed by atoms with Crippen LogP contribution in [0.25, 0.3) is 0 Å². The second-order valence-electron chi connectivity index (χ2n) is 5.44. The van der Waals surface area contributed by atoms with Gasteiger partial charge in [0.25, 0.3) is 0 Å². The molecular weight excluding hydrogens is 306 g/mol. The molecule has 0 aromatic heterocycles. The number of nitro benzene ring substituents is 1. The van der Waals surface area contributed by atoms with E-state index in [0.717, 1.165) is 19.5 Å². The fourth-order valence-corrected chi connectivity index (χ4v) is 2.46. The lowest BCUT2D eigenvalue weighted by molar-refractivity contribution is -0.385. The van der Waals surface area contributed by atoms with E-state index >= 15 is 0 Å². The van der Waals surface area contributed by atoms with Crippen molar-refractivity contribution in [3.8, 4) is 5.75 Å². The Kier molecular flexibility index (Phi) is 7.20. The fourth-order valence-electron chi connectivity index (χ4n) is 2.46. The second kappa shape index (κ2) is 9.64. The first-order valence-corrected chi connectivity index (χ1v) is 8.03. The van der Waals surface area contributed by atoms with Crippen LogP contribution in [0.4, 0.5) is 5.69 Å². The van der Waals surface area contributed by atoms with Gasteiger partial charge in [0.2, 0.25) is 0 Å². The maximum Gasteiger partial charge on any atom is 0.310 e. The summed E-state index contributed by atoms with van der Waals surface area (Å²) in [5.74, 6) is 0.304. The van der Waals surface area contributed by atoms with Gasteiger partial charge in [0.1, 0.15) is 6.61 Å². The highest BCUT2D eigenvalue weighted by Gasteiger charge is 2.14. The molecule has 0 heterocycles. The quantitative estimate of drug-likeness (QED) is 0.535. The van der Waals surface area contributed by atoms with Gasteiger partial charge in [-0.25, -0.2) is 0 Å². The first-order chi connectivity index (χ1) is 11.7. The molecule has 2 aromatic carbocycles. The summed E-state index contributed by atoms with van der Waals surface area (Å²) in [6, 6.07) is 16.7. The minimum absolute atomic E-state index is 0.00726. The lowest BCUT2D eigenvalue weighted by Gasteiger charge is -2.21. The van der Waals surface area contributed by atoms with Crippen molar-refractivity contribution in [2.75, 3.05) is 32.8 Å². The number of rotatable bonds is 10. The Hall–Kier alpha value is -2.44.